The molecular formula is C29H32N4O6. The average Bonchev–Trinajstić information content (AvgIpc) is 3.26. The molecule has 3 aliphatic heterocycles. The highest BCUT2D eigenvalue weighted by Gasteiger charge is 2.44. The van der Waals surface area contributed by atoms with E-state index in [0.29, 0.717) is 32.8 Å². The summed E-state index contributed by atoms with van der Waals surface area (Å²) in [5.41, 5.74) is 5.11. The van der Waals surface area contributed by atoms with Crippen LogP contribution in [0.3, 0.4) is 0 Å². The summed E-state index contributed by atoms with van der Waals surface area (Å²) in [4.78, 5) is 42.6. The molecule has 0 radical (unpaired) electrons. The Morgan fingerprint density at radius 2 is 1.82 bits per heavy atom. The topological polar surface area (TPSA) is 105 Å². The summed E-state index contributed by atoms with van der Waals surface area (Å²) < 4.78 is 13.6. The molecule has 2 bridgehead atoms. The fraction of sp³-hybridized carbons (Fsp3) is 0.414. The van der Waals surface area contributed by atoms with Crippen LogP contribution in [0, 0.1) is 0 Å². The maximum atomic E-state index is 13.2. The number of likely N-dealkylation sites (N-methyl/N-ethyl adjacent to an activating group) is 1. The van der Waals surface area contributed by atoms with Gasteiger partial charge in [0.25, 0.3) is 0 Å². The highest BCUT2D eigenvalue weighted by atomic mass is 16.5. The second-order valence-electron chi connectivity index (χ2n) is 10.4. The number of aromatic carboxylic acids is 1. The Balaban J connectivity index is 1.32. The number of aromatic nitrogens is 1. The number of carboxylic acid groups (broad SMARTS) is 1. The smallest absolute Gasteiger partial charge is 0.335 e. The predicted molar refractivity (Wildman–Crippen MR) is 143 cm³/mol. The molecular weight excluding hydrogens is 500 g/mol. The van der Waals surface area contributed by atoms with Gasteiger partial charge in [0.05, 0.1) is 44.5 Å². The molecule has 1 N–H and O–H groups in total. The number of amides is 3. The highest BCUT2D eigenvalue weighted by molar-refractivity contribution is 6.04. The molecule has 0 spiro atoms. The number of ether oxygens (including phenoxy) is 2. The summed E-state index contributed by atoms with van der Waals surface area (Å²) in [6, 6.07) is 12.8. The lowest BCUT2D eigenvalue weighted by molar-refractivity contribution is -0.132. The van der Waals surface area contributed by atoms with Crippen LogP contribution < -0.4 is 0 Å². The summed E-state index contributed by atoms with van der Waals surface area (Å²) in [5.74, 6) is -1.58. The van der Waals surface area contributed by atoms with E-state index in [9.17, 15) is 19.5 Å². The van der Waals surface area contributed by atoms with E-state index in [1.54, 1.807) is 24.1 Å². The Bertz CT molecular complexity index is 1430. The number of carbonyl (C=O) groups is 3. The van der Waals surface area contributed by atoms with Crippen LogP contribution in [0.2, 0.25) is 0 Å². The molecule has 10 heteroatoms. The second kappa shape index (κ2) is 10.4. The Labute approximate surface area is 226 Å². The zero-order valence-electron chi connectivity index (χ0n) is 22.0. The fourth-order valence-corrected chi connectivity index (χ4v) is 5.90. The molecule has 2 saturated heterocycles. The van der Waals surface area contributed by atoms with Crippen molar-refractivity contribution in [3.8, 4) is 0 Å². The number of nitrogens with zero attached hydrogens (tertiary/aromatic N) is 4. The van der Waals surface area contributed by atoms with Crippen LogP contribution in [-0.4, -0.2) is 95.3 Å². The van der Waals surface area contributed by atoms with Crippen LogP contribution in [0.1, 0.15) is 38.7 Å². The van der Waals surface area contributed by atoms with Crippen molar-refractivity contribution in [1.29, 1.82) is 0 Å². The van der Waals surface area contributed by atoms with Crippen molar-refractivity contribution in [1.82, 2.24) is 19.3 Å². The molecule has 10 nitrogen and oxygen atoms in total. The van der Waals surface area contributed by atoms with Gasteiger partial charge in [0.1, 0.15) is 0 Å². The lowest BCUT2D eigenvalue weighted by Crippen LogP contribution is -2.56. The zero-order valence-corrected chi connectivity index (χ0v) is 22.0. The molecule has 39 heavy (non-hydrogen) atoms. The number of hydrogen-bond acceptors (Lipinski definition) is 6. The number of urea groups is 1. The third-order valence-electron chi connectivity index (χ3n) is 8.02. The van der Waals surface area contributed by atoms with E-state index in [1.165, 1.54) is 4.90 Å². The van der Waals surface area contributed by atoms with Gasteiger partial charge in [-0.3, -0.25) is 14.6 Å². The Hall–Kier alpha value is -3.73. The number of hydrogen-bond donors (Lipinski definition) is 1. The van der Waals surface area contributed by atoms with Gasteiger partial charge in [0.2, 0.25) is 5.91 Å². The normalized spacial score (nSPS) is 19.6. The molecule has 1 unspecified atom stereocenters. The van der Waals surface area contributed by atoms with E-state index in [1.807, 2.05) is 12.1 Å². The quantitative estimate of drug-likeness (QED) is 0.445. The van der Waals surface area contributed by atoms with Crippen LogP contribution in [0.4, 0.5) is 4.79 Å². The standard InChI is InChI=1S/C29H32N4O6/c1-30-27(34)23-16-32(29(30)37)17-25-26(23)22-14-20(18-39-13-10-31-8-11-38-12-9-31)4-7-24(22)33(25)15-19-2-5-21(6-3-19)28(35)36/h2-7,14,23H,8-13,15-18H2,1H3,(H,35,36). The summed E-state index contributed by atoms with van der Waals surface area (Å²) in [7, 11) is 1.55. The Kier molecular flexibility index (Phi) is 6.84. The van der Waals surface area contributed by atoms with Crippen LogP contribution in [0.5, 0.6) is 0 Å². The third kappa shape index (κ3) is 4.80. The van der Waals surface area contributed by atoms with Gasteiger partial charge in [-0.2, -0.15) is 0 Å². The molecule has 1 atom stereocenters. The summed E-state index contributed by atoms with van der Waals surface area (Å²) >= 11 is 0. The lowest BCUT2D eigenvalue weighted by atomic mass is 9.88. The van der Waals surface area contributed by atoms with Gasteiger partial charge in [-0.15, -0.1) is 0 Å². The first-order chi connectivity index (χ1) is 18.9. The number of morpholine rings is 1. The van der Waals surface area contributed by atoms with Crippen molar-refractivity contribution in [2.75, 3.05) is 53.0 Å². The molecule has 4 heterocycles. The number of imide groups is 1. The minimum absolute atomic E-state index is 0.186. The third-order valence-corrected chi connectivity index (χ3v) is 8.02. The minimum Gasteiger partial charge on any atom is -0.478 e. The molecule has 3 aliphatic rings. The SMILES string of the molecule is CN1C(=O)C2CN(Cc3c2c2cc(COCCN4CCOCC4)ccc2n3Cc2ccc(C(=O)O)cc2)C1=O. The van der Waals surface area contributed by atoms with Gasteiger partial charge >= 0.3 is 12.0 Å². The number of fused-ring (bicyclic) bond motifs is 6. The molecule has 1 aromatic heterocycles. The molecule has 6 rings (SSSR count). The molecule has 2 fully saturated rings. The van der Waals surface area contributed by atoms with Gasteiger partial charge in [-0.25, -0.2) is 9.59 Å². The van der Waals surface area contributed by atoms with E-state index >= 15 is 0 Å². The maximum absolute atomic E-state index is 13.2. The van der Waals surface area contributed by atoms with E-state index in [2.05, 4.69) is 27.7 Å². The summed E-state index contributed by atoms with van der Waals surface area (Å²) in [6.07, 6.45) is 0. The number of benzene rings is 2. The van der Waals surface area contributed by atoms with Crippen LogP contribution in [0.15, 0.2) is 42.5 Å². The van der Waals surface area contributed by atoms with E-state index in [4.69, 9.17) is 9.47 Å². The Morgan fingerprint density at radius 3 is 2.56 bits per heavy atom. The van der Waals surface area contributed by atoms with Crippen molar-refractivity contribution in [2.24, 2.45) is 0 Å². The van der Waals surface area contributed by atoms with Crippen molar-refractivity contribution < 1.29 is 29.0 Å². The van der Waals surface area contributed by atoms with E-state index < -0.39 is 11.9 Å². The van der Waals surface area contributed by atoms with Gasteiger partial charge in [0, 0.05) is 56.4 Å². The number of rotatable bonds is 8. The molecule has 0 saturated carbocycles. The average molecular weight is 533 g/mol. The number of carbonyl (C=O) groups excluding carboxylic acids is 2. The van der Waals surface area contributed by atoms with Crippen molar-refractivity contribution in [3.05, 3.63) is 70.4 Å². The van der Waals surface area contributed by atoms with Crippen molar-refractivity contribution >= 4 is 28.8 Å². The predicted octanol–water partition coefficient (Wildman–Crippen LogP) is 2.73. The van der Waals surface area contributed by atoms with E-state index in [0.717, 1.165) is 66.1 Å². The first-order valence-electron chi connectivity index (χ1n) is 13.3. The van der Waals surface area contributed by atoms with Gasteiger partial charge < -0.3 is 24.0 Å². The number of carboxylic acids is 1. The second-order valence-corrected chi connectivity index (χ2v) is 10.4. The molecule has 3 amide bonds. The first kappa shape index (κ1) is 25.5. The lowest BCUT2D eigenvalue weighted by Gasteiger charge is -2.41. The molecule has 204 valence electrons. The molecule has 0 aliphatic carbocycles. The minimum atomic E-state index is -0.966. The van der Waals surface area contributed by atoms with Gasteiger partial charge in [0.15, 0.2) is 0 Å². The molecule has 2 aromatic carbocycles. The summed E-state index contributed by atoms with van der Waals surface area (Å²) in [6.45, 7) is 6.64. The zero-order chi connectivity index (χ0) is 27.1. The monoisotopic (exact) mass is 532 g/mol. The van der Waals surface area contributed by atoms with Gasteiger partial charge in [-0.05, 0) is 41.0 Å². The van der Waals surface area contributed by atoms with Crippen LogP contribution in [0.25, 0.3) is 10.9 Å². The highest BCUT2D eigenvalue weighted by Crippen LogP contribution is 2.41. The van der Waals surface area contributed by atoms with Crippen LogP contribution in [-0.2, 0) is 34.0 Å². The van der Waals surface area contributed by atoms with Gasteiger partial charge in [-0.1, -0.05) is 18.2 Å². The van der Waals surface area contributed by atoms with Crippen LogP contribution >= 0.6 is 0 Å². The first-order valence-corrected chi connectivity index (χ1v) is 13.3. The fourth-order valence-electron chi connectivity index (χ4n) is 5.90. The van der Waals surface area contributed by atoms with Crippen molar-refractivity contribution in [2.45, 2.75) is 25.6 Å². The maximum Gasteiger partial charge on any atom is 0.335 e. The molecule has 3 aromatic rings. The van der Waals surface area contributed by atoms with E-state index in [-0.39, 0.29) is 17.5 Å². The Morgan fingerprint density at radius 1 is 1.08 bits per heavy atom. The van der Waals surface area contributed by atoms with Crippen molar-refractivity contribution in [3.63, 3.8) is 0 Å². The largest absolute Gasteiger partial charge is 0.478 e. The summed E-state index contributed by atoms with van der Waals surface area (Å²) in [5, 5.41) is 10.3.